The summed E-state index contributed by atoms with van der Waals surface area (Å²) < 4.78 is 21.4. The first-order chi connectivity index (χ1) is 12.6. The minimum Gasteiger partial charge on any atom is -0.461 e. The molecule has 1 unspecified atom stereocenters. The minimum atomic E-state index is -1.41. The summed E-state index contributed by atoms with van der Waals surface area (Å²) in [6.45, 7) is 15.8. The summed E-state index contributed by atoms with van der Waals surface area (Å²) in [5.41, 5.74) is 1.06. The van der Waals surface area contributed by atoms with E-state index in [1.165, 1.54) is 0 Å². The lowest BCUT2D eigenvalue weighted by molar-refractivity contribution is 0.0677. The van der Waals surface area contributed by atoms with Crippen molar-refractivity contribution in [3.05, 3.63) is 47.2 Å². The fourth-order valence-corrected chi connectivity index (χ4v) is 2.96. The molecule has 0 aliphatic heterocycles. The van der Waals surface area contributed by atoms with Crippen LogP contribution in [0.4, 0.5) is 10.1 Å². The maximum atomic E-state index is 15.3. The van der Waals surface area contributed by atoms with Crippen LogP contribution in [0.3, 0.4) is 0 Å². The highest BCUT2D eigenvalue weighted by Crippen LogP contribution is 2.43. The summed E-state index contributed by atoms with van der Waals surface area (Å²) in [4.78, 5) is 6.76. The number of halogens is 1. The van der Waals surface area contributed by atoms with Crippen LogP contribution in [0.15, 0.2) is 41.1 Å². The standard InChI is InChI=1S/C23H33FN2O/c1-8-26(9-2)16-25-20-13-18(4)21(14-17(20)3)27-19-11-10-12-23(24,15-19)22(5,6)7/h10-14,16H,8-9,15H2,1-7H3. The zero-order valence-electron chi connectivity index (χ0n) is 17.8. The van der Waals surface area contributed by atoms with Gasteiger partial charge < -0.3 is 9.64 Å². The molecule has 0 amide bonds. The molecule has 0 spiro atoms. The maximum absolute atomic E-state index is 15.3. The molecule has 27 heavy (non-hydrogen) atoms. The van der Waals surface area contributed by atoms with Gasteiger partial charge in [0.25, 0.3) is 0 Å². The Morgan fingerprint density at radius 2 is 1.85 bits per heavy atom. The van der Waals surface area contributed by atoms with Crippen molar-refractivity contribution in [2.24, 2.45) is 10.4 Å². The Morgan fingerprint density at radius 3 is 2.44 bits per heavy atom. The van der Waals surface area contributed by atoms with Crippen molar-refractivity contribution >= 4 is 12.0 Å². The molecule has 3 nitrogen and oxygen atoms in total. The quantitative estimate of drug-likeness (QED) is 0.433. The SMILES string of the molecule is CCN(C=Nc1cc(C)c(OC2=CC=CC(F)(C(C)(C)C)C2)cc1C)CC. The van der Waals surface area contributed by atoms with Gasteiger partial charge in [-0.1, -0.05) is 26.8 Å². The van der Waals surface area contributed by atoms with Crippen LogP contribution in [-0.2, 0) is 0 Å². The second-order valence-electron chi connectivity index (χ2n) is 8.25. The van der Waals surface area contributed by atoms with Crippen LogP contribution in [0.1, 0.15) is 52.2 Å². The summed E-state index contributed by atoms with van der Waals surface area (Å²) in [6, 6.07) is 4.01. The number of aliphatic imine (C=N–C) groups is 1. The highest BCUT2D eigenvalue weighted by molar-refractivity contribution is 5.64. The van der Waals surface area contributed by atoms with Crippen molar-refractivity contribution in [3.8, 4) is 5.75 Å². The van der Waals surface area contributed by atoms with Gasteiger partial charge in [-0.25, -0.2) is 9.38 Å². The third-order valence-electron chi connectivity index (χ3n) is 5.23. The van der Waals surface area contributed by atoms with E-state index in [2.05, 4.69) is 23.7 Å². The fraction of sp³-hybridized carbons (Fsp3) is 0.522. The van der Waals surface area contributed by atoms with Gasteiger partial charge in [-0.2, -0.15) is 0 Å². The third kappa shape index (κ3) is 5.00. The van der Waals surface area contributed by atoms with Gasteiger partial charge in [-0.15, -0.1) is 0 Å². The predicted molar refractivity (Wildman–Crippen MR) is 113 cm³/mol. The molecule has 1 aliphatic carbocycles. The molecule has 0 saturated carbocycles. The number of hydrogen-bond donors (Lipinski definition) is 0. The van der Waals surface area contributed by atoms with E-state index in [-0.39, 0.29) is 6.42 Å². The summed E-state index contributed by atoms with van der Waals surface area (Å²) in [5, 5.41) is 0. The number of allylic oxidation sites excluding steroid dienone is 4. The van der Waals surface area contributed by atoms with Crippen molar-refractivity contribution in [2.45, 2.75) is 60.6 Å². The highest BCUT2D eigenvalue weighted by atomic mass is 19.1. The molecular weight excluding hydrogens is 339 g/mol. The van der Waals surface area contributed by atoms with Crippen LogP contribution >= 0.6 is 0 Å². The van der Waals surface area contributed by atoms with Crippen molar-refractivity contribution < 1.29 is 9.13 Å². The minimum absolute atomic E-state index is 0.243. The highest BCUT2D eigenvalue weighted by Gasteiger charge is 2.42. The molecule has 1 atom stereocenters. The fourth-order valence-electron chi connectivity index (χ4n) is 2.96. The number of ether oxygens (including phenoxy) is 1. The van der Waals surface area contributed by atoms with Gasteiger partial charge in [0, 0.05) is 24.9 Å². The first kappa shape index (κ1) is 21.2. The van der Waals surface area contributed by atoms with Crippen LogP contribution in [0.2, 0.25) is 0 Å². The zero-order chi connectivity index (χ0) is 20.2. The number of benzene rings is 1. The van der Waals surface area contributed by atoms with Gasteiger partial charge in [0.2, 0.25) is 0 Å². The molecular formula is C23H33FN2O. The Labute approximate surface area is 163 Å². The van der Waals surface area contributed by atoms with Gasteiger partial charge >= 0.3 is 0 Å². The van der Waals surface area contributed by atoms with Crippen molar-refractivity contribution in [1.29, 1.82) is 0 Å². The lowest BCUT2D eigenvalue weighted by atomic mass is 9.74. The molecule has 0 radical (unpaired) electrons. The van der Waals surface area contributed by atoms with Crippen molar-refractivity contribution in [1.82, 2.24) is 4.90 Å². The Balaban J connectivity index is 2.20. The van der Waals surface area contributed by atoms with Gasteiger partial charge in [0.05, 0.1) is 12.0 Å². The average Bonchev–Trinajstić information content (AvgIpc) is 2.59. The summed E-state index contributed by atoms with van der Waals surface area (Å²) in [6.07, 6.45) is 7.38. The summed E-state index contributed by atoms with van der Waals surface area (Å²) >= 11 is 0. The lowest BCUT2D eigenvalue weighted by Crippen LogP contribution is -2.38. The lowest BCUT2D eigenvalue weighted by Gasteiger charge is -2.37. The van der Waals surface area contributed by atoms with Crippen LogP contribution in [0.5, 0.6) is 5.75 Å². The summed E-state index contributed by atoms with van der Waals surface area (Å²) in [7, 11) is 0. The Hall–Kier alpha value is -2.10. The molecule has 0 aromatic heterocycles. The van der Waals surface area contributed by atoms with E-state index in [0.29, 0.717) is 5.76 Å². The molecule has 0 N–H and O–H groups in total. The summed E-state index contributed by atoms with van der Waals surface area (Å²) in [5.74, 6) is 1.41. The molecule has 1 aromatic carbocycles. The van der Waals surface area contributed by atoms with Gasteiger partial charge in [-0.3, -0.25) is 0 Å². The Morgan fingerprint density at radius 1 is 1.19 bits per heavy atom. The Bertz CT molecular complexity index is 754. The smallest absolute Gasteiger partial charge is 0.141 e. The number of hydrogen-bond acceptors (Lipinski definition) is 2. The Kier molecular flexibility index (Phi) is 6.50. The van der Waals surface area contributed by atoms with Crippen LogP contribution in [-0.4, -0.2) is 30.0 Å². The molecule has 0 bridgehead atoms. The normalized spacial score (nSPS) is 20.1. The molecule has 0 heterocycles. The molecule has 2 rings (SSSR count). The molecule has 148 valence electrons. The van der Waals surface area contributed by atoms with E-state index >= 15 is 4.39 Å². The van der Waals surface area contributed by atoms with Crippen LogP contribution < -0.4 is 4.74 Å². The van der Waals surface area contributed by atoms with Crippen LogP contribution in [0, 0.1) is 19.3 Å². The topological polar surface area (TPSA) is 24.8 Å². The van der Waals surface area contributed by atoms with Gasteiger partial charge in [0.1, 0.15) is 17.2 Å². The second kappa shape index (κ2) is 8.28. The second-order valence-corrected chi connectivity index (χ2v) is 8.25. The number of aryl methyl sites for hydroxylation is 2. The zero-order valence-corrected chi connectivity index (χ0v) is 17.8. The maximum Gasteiger partial charge on any atom is 0.141 e. The van der Waals surface area contributed by atoms with E-state index in [1.54, 1.807) is 12.2 Å². The third-order valence-corrected chi connectivity index (χ3v) is 5.23. The molecule has 0 saturated heterocycles. The molecule has 1 aromatic rings. The van der Waals surface area contributed by atoms with Crippen molar-refractivity contribution in [3.63, 3.8) is 0 Å². The average molecular weight is 373 g/mol. The number of nitrogens with zero attached hydrogens (tertiary/aromatic N) is 2. The largest absolute Gasteiger partial charge is 0.461 e. The number of alkyl halides is 1. The molecule has 4 heteroatoms. The van der Waals surface area contributed by atoms with E-state index in [9.17, 15) is 0 Å². The van der Waals surface area contributed by atoms with E-state index < -0.39 is 11.1 Å². The first-order valence-corrected chi connectivity index (χ1v) is 9.74. The molecule has 1 aliphatic rings. The van der Waals surface area contributed by atoms with Gasteiger partial charge in [-0.05, 0) is 63.1 Å². The van der Waals surface area contributed by atoms with Crippen molar-refractivity contribution in [2.75, 3.05) is 13.1 Å². The predicted octanol–water partition coefficient (Wildman–Crippen LogP) is 6.28. The first-order valence-electron chi connectivity index (χ1n) is 9.74. The van der Waals surface area contributed by atoms with E-state index in [0.717, 1.165) is 35.7 Å². The van der Waals surface area contributed by atoms with E-state index in [1.807, 2.05) is 59.2 Å². The molecule has 0 fully saturated rings. The van der Waals surface area contributed by atoms with Crippen LogP contribution in [0.25, 0.3) is 0 Å². The monoisotopic (exact) mass is 372 g/mol. The van der Waals surface area contributed by atoms with Gasteiger partial charge in [0.15, 0.2) is 0 Å². The number of rotatable bonds is 6. The van der Waals surface area contributed by atoms with E-state index in [4.69, 9.17) is 4.74 Å².